The van der Waals surface area contributed by atoms with Crippen LogP contribution in [0.2, 0.25) is 5.02 Å². The van der Waals surface area contributed by atoms with Crippen molar-refractivity contribution in [2.45, 2.75) is 19.0 Å². The summed E-state index contributed by atoms with van der Waals surface area (Å²) < 4.78 is 27.6. The van der Waals surface area contributed by atoms with Gasteiger partial charge in [-0.2, -0.15) is 0 Å². The third-order valence-electron chi connectivity index (χ3n) is 4.16. The van der Waals surface area contributed by atoms with Gasteiger partial charge >= 0.3 is 0 Å². The zero-order valence-electron chi connectivity index (χ0n) is 15.3. The molecule has 150 valence electrons. The number of alkyl halides is 1. The summed E-state index contributed by atoms with van der Waals surface area (Å²) in [6, 6.07) is 10.8. The number of nitrogens with one attached hydrogen (secondary N) is 1. The van der Waals surface area contributed by atoms with Crippen molar-refractivity contribution in [3.05, 3.63) is 70.8 Å². The van der Waals surface area contributed by atoms with Gasteiger partial charge in [0, 0.05) is 35.3 Å². The summed E-state index contributed by atoms with van der Waals surface area (Å²) in [5.41, 5.74) is 6.79. The summed E-state index contributed by atoms with van der Waals surface area (Å²) in [4.78, 5) is 15.2. The van der Waals surface area contributed by atoms with E-state index < -0.39 is 17.9 Å². The van der Waals surface area contributed by atoms with Gasteiger partial charge in [0.1, 0.15) is 17.8 Å². The van der Waals surface area contributed by atoms with Gasteiger partial charge in [0.2, 0.25) is 5.91 Å². The van der Waals surface area contributed by atoms with Crippen LogP contribution in [0.4, 0.5) is 14.6 Å². The molecule has 1 amide bonds. The van der Waals surface area contributed by atoms with Gasteiger partial charge in [0.05, 0.1) is 11.4 Å². The number of nitrogens with zero attached hydrogens (tertiary/aromatic N) is 3. The zero-order chi connectivity index (χ0) is 20.8. The summed E-state index contributed by atoms with van der Waals surface area (Å²) >= 11 is 6.01. The largest absolute Gasteiger partial charge is 0.368 e. The first-order valence-corrected chi connectivity index (χ1v) is 9.22. The standard InChI is InChI=1S/C20H18ClF2N5O/c21-14-9-12(8-13(10-14)20(24)29)17-3-4-19(28-27-17)26-7-5-15(22)11-18-16(23)2-1-6-25-18/h1-4,6,8-10,15H,5,7,11H2,(H2,24,29)(H,26,28)/t15-/m0/s1. The van der Waals surface area contributed by atoms with Gasteiger partial charge in [-0.1, -0.05) is 11.6 Å². The van der Waals surface area contributed by atoms with E-state index in [1.165, 1.54) is 24.4 Å². The minimum Gasteiger partial charge on any atom is -0.368 e. The van der Waals surface area contributed by atoms with Crippen LogP contribution in [0.3, 0.4) is 0 Å². The maximum absolute atomic E-state index is 14.1. The van der Waals surface area contributed by atoms with Crippen LogP contribution < -0.4 is 11.1 Å². The summed E-state index contributed by atoms with van der Waals surface area (Å²) in [5.74, 6) is -0.640. The van der Waals surface area contributed by atoms with Gasteiger partial charge in [0.25, 0.3) is 0 Å². The second-order valence-corrected chi connectivity index (χ2v) is 6.78. The predicted molar refractivity (Wildman–Crippen MR) is 107 cm³/mol. The molecule has 0 saturated carbocycles. The molecule has 0 aliphatic rings. The second kappa shape index (κ2) is 9.38. The number of pyridine rings is 1. The third-order valence-corrected chi connectivity index (χ3v) is 4.37. The van der Waals surface area contributed by atoms with E-state index in [1.54, 1.807) is 24.3 Å². The third kappa shape index (κ3) is 5.68. The molecule has 0 aliphatic carbocycles. The molecule has 1 atom stereocenters. The first kappa shape index (κ1) is 20.6. The normalized spacial score (nSPS) is 11.8. The van der Waals surface area contributed by atoms with E-state index in [9.17, 15) is 13.6 Å². The number of carbonyl (C=O) groups is 1. The lowest BCUT2D eigenvalue weighted by atomic mass is 10.1. The van der Waals surface area contributed by atoms with Crippen LogP contribution in [0.25, 0.3) is 11.3 Å². The number of carbonyl (C=O) groups excluding carboxylic acids is 1. The van der Waals surface area contributed by atoms with Crippen LogP contribution in [-0.2, 0) is 6.42 Å². The Hall–Kier alpha value is -3.13. The van der Waals surface area contributed by atoms with Gasteiger partial charge in [-0.25, -0.2) is 8.78 Å². The van der Waals surface area contributed by atoms with Crippen molar-refractivity contribution in [2.24, 2.45) is 5.73 Å². The fraction of sp³-hybridized carbons (Fsp3) is 0.200. The number of hydrogen-bond donors (Lipinski definition) is 2. The number of anilines is 1. The molecular weight excluding hydrogens is 400 g/mol. The summed E-state index contributed by atoms with van der Waals surface area (Å²) in [6.07, 6.45) is 0.274. The van der Waals surface area contributed by atoms with Crippen molar-refractivity contribution in [1.29, 1.82) is 0 Å². The predicted octanol–water partition coefficient (Wildman–Crippen LogP) is 3.81. The number of aromatic nitrogens is 3. The van der Waals surface area contributed by atoms with E-state index in [2.05, 4.69) is 20.5 Å². The molecule has 2 heterocycles. The van der Waals surface area contributed by atoms with Crippen LogP contribution in [0.1, 0.15) is 22.5 Å². The average Bonchev–Trinajstić information content (AvgIpc) is 2.70. The fourth-order valence-electron chi connectivity index (χ4n) is 2.70. The zero-order valence-corrected chi connectivity index (χ0v) is 16.0. The molecule has 0 aliphatic heterocycles. The smallest absolute Gasteiger partial charge is 0.248 e. The van der Waals surface area contributed by atoms with Crippen molar-refractivity contribution in [2.75, 3.05) is 11.9 Å². The minimum atomic E-state index is -1.24. The van der Waals surface area contributed by atoms with Gasteiger partial charge in [0.15, 0.2) is 0 Å². The Morgan fingerprint density at radius 2 is 2.03 bits per heavy atom. The molecule has 0 saturated heterocycles. The molecule has 0 spiro atoms. The number of primary amides is 1. The lowest BCUT2D eigenvalue weighted by Gasteiger charge is -2.10. The first-order chi connectivity index (χ1) is 13.9. The molecule has 1 aromatic carbocycles. The monoisotopic (exact) mass is 417 g/mol. The second-order valence-electron chi connectivity index (χ2n) is 6.35. The number of benzene rings is 1. The van der Waals surface area contributed by atoms with E-state index in [0.717, 1.165) is 0 Å². The van der Waals surface area contributed by atoms with Crippen LogP contribution in [0.5, 0.6) is 0 Å². The molecule has 6 nitrogen and oxygen atoms in total. The first-order valence-electron chi connectivity index (χ1n) is 8.84. The molecule has 9 heteroatoms. The van der Waals surface area contributed by atoms with Crippen LogP contribution in [0, 0.1) is 5.82 Å². The summed E-state index contributed by atoms with van der Waals surface area (Å²) in [7, 11) is 0. The number of amides is 1. The number of hydrogen-bond acceptors (Lipinski definition) is 5. The average molecular weight is 418 g/mol. The van der Waals surface area contributed by atoms with Gasteiger partial charge in [-0.15, -0.1) is 10.2 Å². The minimum absolute atomic E-state index is 0.0874. The lowest BCUT2D eigenvalue weighted by molar-refractivity contribution is 0.100. The Bertz CT molecular complexity index is 1000. The molecule has 2 aromatic heterocycles. The molecule has 0 unspecified atom stereocenters. The highest BCUT2D eigenvalue weighted by molar-refractivity contribution is 6.31. The van der Waals surface area contributed by atoms with E-state index in [0.29, 0.717) is 28.6 Å². The topological polar surface area (TPSA) is 93.8 Å². The van der Waals surface area contributed by atoms with E-state index in [4.69, 9.17) is 17.3 Å². The maximum atomic E-state index is 14.1. The van der Waals surface area contributed by atoms with E-state index >= 15 is 0 Å². The quantitative estimate of drug-likeness (QED) is 0.581. The molecule has 3 aromatic rings. The molecule has 0 bridgehead atoms. The molecule has 0 radical (unpaired) electrons. The highest BCUT2D eigenvalue weighted by Gasteiger charge is 2.12. The Balaban J connectivity index is 1.56. The fourth-order valence-corrected chi connectivity index (χ4v) is 2.93. The Morgan fingerprint density at radius 3 is 2.72 bits per heavy atom. The lowest BCUT2D eigenvalue weighted by Crippen LogP contribution is -2.14. The van der Waals surface area contributed by atoms with Crippen LogP contribution >= 0.6 is 11.6 Å². The number of rotatable bonds is 8. The van der Waals surface area contributed by atoms with Crippen LogP contribution in [0.15, 0.2) is 48.7 Å². The molecular formula is C20H18ClF2N5O. The van der Waals surface area contributed by atoms with Crippen molar-refractivity contribution in [3.63, 3.8) is 0 Å². The van der Waals surface area contributed by atoms with E-state index in [1.807, 2.05) is 0 Å². The molecule has 3 rings (SSSR count). The Morgan fingerprint density at radius 1 is 1.21 bits per heavy atom. The van der Waals surface area contributed by atoms with Gasteiger partial charge in [-0.3, -0.25) is 9.78 Å². The molecule has 29 heavy (non-hydrogen) atoms. The highest BCUT2D eigenvalue weighted by atomic mass is 35.5. The number of halogens is 3. The molecule has 3 N–H and O–H groups in total. The Labute approximate surface area is 171 Å². The highest BCUT2D eigenvalue weighted by Crippen LogP contribution is 2.23. The molecule has 0 fully saturated rings. The number of nitrogens with two attached hydrogens (primary N) is 1. The van der Waals surface area contributed by atoms with Crippen molar-refractivity contribution in [3.8, 4) is 11.3 Å². The van der Waals surface area contributed by atoms with E-state index in [-0.39, 0.29) is 24.1 Å². The Kier molecular flexibility index (Phi) is 6.66. The summed E-state index contributed by atoms with van der Waals surface area (Å²) in [5, 5.41) is 11.5. The maximum Gasteiger partial charge on any atom is 0.248 e. The van der Waals surface area contributed by atoms with Crippen molar-refractivity contribution in [1.82, 2.24) is 15.2 Å². The SMILES string of the molecule is NC(=O)c1cc(Cl)cc(-c2ccc(NCC[C@H](F)Cc3ncccc3F)nn2)c1. The summed E-state index contributed by atoms with van der Waals surface area (Å²) in [6.45, 7) is 0.298. The van der Waals surface area contributed by atoms with Crippen LogP contribution in [-0.4, -0.2) is 33.8 Å². The van der Waals surface area contributed by atoms with Gasteiger partial charge in [-0.05, 0) is 48.9 Å². The van der Waals surface area contributed by atoms with Crippen molar-refractivity contribution >= 4 is 23.3 Å². The van der Waals surface area contributed by atoms with Gasteiger partial charge < -0.3 is 11.1 Å². The van der Waals surface area contributed by atoms with Crippen molar-refractivity contribution < 1.29 is 13.6 Å².